The summed E-state index contributed by atoms with van der Waals surface area (Å²) in [6.45, 7) is 4.38. The summed E-state index contributed by atoms with van der Waals surface area (Å²) in [6.07, 6.45) is 3.57. The monoisotopic (exact) mass is 231 g/mol. The summed E-state index contributed by atoms with van der Waals surface area (Å²) in [5.74, 6) is 0. The topological polar surface area (TPSA) is 41.3 Å². The molecule has 0 bridgehead atoms. The van der Waals surface area contributed by atoms with Gasteiger partial charge in [0.15, 0.2) is 0 Å². The number of nitrogens with two attached hydrogens (primary N) is 1. The lowest BCUT2D eigenvalue weighted by molar-refractivity contribution is 0.566. The minimum Gasteiger partial charge on any atom is -0.369 e. The summed E-state index contributed by atoms with van der Waals surface area (Å²) in [5.41, 5.74) is 10.4. The van der Waals surface area contributed by atoms with Crippen molar-refractivity contribution in [3.8, 4) is 0 Å². The number of hydrogen-bond donors (Lipinski definition) is 2. The average Bonchev–Trinajstić information content (AvgIpc) is 2.40. The molecule has 1 unspecified atom stereocenters. The zero-order chi connectivity index (χ0) is 11.7. The molecule has 0 saturated carbocycles. The SMILES string of the molecule is NC1CCCc2ccc(N3CCNCC3)cc21. The van der Waals surface area contributed by atoms with Crippen molar-refractivity contribution in [3.05, 3.63) is 29.3 Å². The van der Waals surface area contributed by atoms with Crippen LogP contribution < -0.4 is 16.0 Å². The third-order valence-corrected chi connectivity index (χ3v) is 3.97. The quantitative estimate of drug-likeness (QED) is 0.768. The highest BCUT2D eigenvalue weighted by molar-refractivity contribution is 5.52. The maximum Gasteiger partial charge on any atom is 0.0370 e. The van der Waals surface area contributed by atoms with E-state index in [-0.39, 0.29) is 6.04 Å². The Morgan fingerprint density at radius 3 is 2.88 bits per heavy atom. The molecule has 17 heavy (non-hydrogen) atoms. The average molecular weight is 231 g/mol. The van der Waals surface area contributed by atoms with Gasteiger partial charge in [0.2, 0.25) is 0 Å². The zero-order valence-electron chi connectivity index (χ0n) is 10.3. The standard InChI is InChI=1S/C14H21N3/c15-14-3-1-2-11-4-5-12(10-13(11)14)17-8-6-16-7-9-17/h4-5,10,14,16H,1-3,6-9,15H2. The Bertz CT molecular complexity index is 396. The predicted molar refractivity (Wildman–Crippen MR) is 71.4 cm³/mol. The largest absolute Gasteiger partial charge is 0.369 e. The maximum atomic E-state index is 6.21. The number of hydrogen-bond acceptors (Lipinski definition) is 3. The molecule has 1 aliphatic carbocycles. The van der Waals surface area contributed by atoms with E-state index in [4.69, 9.17) is 5.73 Å². The van der Waals surface area contributed by atoms with Crippen LogP contribution in [0.15, 0.2) is 18.2 Å². The first kappa shape index (κ1) is 11.1. The molecule has 3 heteroatoms. The Labute approximate surface area is 103 Å². The normalized spacial score (nSPS) is 24.5. The number of rotatable bonds is 1. The van der Waals surface area contributed by atoms with Crippen molar-refractivity contribution in [2.75, 3.05) is 31.1 Å². The number of benzene rings is 1. The Hall–Kier alpha value is -1.06. The highest BCUT2D eigenvalue weighted by Crippen LogP contribution is 2.31. The smallest absolute Gasteiger partial charge is 0.0370 e. The molecular weight excluding hydrogens is 210 g/mol. The van der Waals surface area contributed by atoms with Crippen molar-refractivity contribution in [2.45, 2.75) is 25.3 Å². The number of fused-ring (bicyclic) bond motifs is 1. The molecule has 1 fully saturated rings. The van der Waals surface area contributed by atoms with Crippen molar-refractivity contribution < 1.29 is 0 Å². The summed E-state index contributed by atoms with van der Waals surface area (Å²) >= 11 is 0. The Balaban J connectivity index is 1.88. The van der Waals surface area contributed by atoms with Gasteiger partial charge in [0.1, 0.15) is 0 Å². The molecule has 3 N–H and O–H groups in total. The van der Waals surface area contributed by atoms with Gasteiger partial charge >= 0.3 is 0 Å². The Morgan fingerprint density at radius 1 is 1.24 bits per heavy atom. The van der Waals surface area contributed by atoms with Gasteiger partial charge < -0.3 is 16.0 Å². The van der Waals surface area contributed by atoms with Crippen LogP contribution in [0.5, 0.6) is 0 Å². The first-order chi connectivity index (χ1) is 8.34. The molecule has 1 heterocycles. The van der Waals surface area contributed by atoms with E-state index in [0.717, 1.165) is 32.6 Å². The summed E-state index contributed by atoms with van der Waals surface area (Å²) < 4.78 is 0. The van der Waals surface area contributed by atoms with Crippen molar-refractivity contribution in [3.63, 3.8) is 0 Å². The summed E-state index contributed by atoms with van der Waals surface area (Å²) in [5, 5.41) is 3.39. The molecule has 2 aliphatic rings. The molecule has 1 aromatic carbocycles. The van der Waals surface area contributed by atoms with Crippen LogP contribution in [0.2, 0.25) is 0 Å². The van der Waals surface area contributed by atoms with E-state index in [1.54, 1.807) is 0 Å². The van der Waals surface area contributed by atoms with Crippen molar-refractivity contribution in [1.82, 2.24) is 5.32 Å². The highest BCUT2D eigenvalue weighted by Gasteiger charge is 2.18. The molecule has 0 aromatic heterocycles. The molecule has 92 valence electrons. The molecule has 0 radical (unpaired) electrons. The molecule has 3 rings (SSSR count). The van der Waals surface area contributed by atoms with Gasteiger partial charge in [0.05, 0.1) is 0 Å². The molecule has 1 aliphatic heterocycles. The fourth-order valence-corrected chi connectivity index (χ4v) is 2.94. The van der Waals surface area contributed by atoms with E-state index >= 15 is 0 Å². The number of nitrogens with one attached hydrogen (secondary N) is 1. The lowest BCUT2D eigenvalue weighted by atomic mass is 9.88. The van der Waals surface area contributed by atoms with Gasteiger partial charge in [0, 0.05) is 37.9 Å². The van der Waals surface area contributed by atoms with E-state index in [1.165, 1.54) is 29.7 Å². The Morgan fingerprint density at radius 2 is 2.06 bits per heavy atom. The maximum absolute atomic E-state index is 6.21. The zero-order valence-corrected chi connectivity index (χ0v) is 10.3. The number of piperazine rings is 1. The van der Waals surface area contributed by atoms with Gasteiger partial charge in [-0.3, -0.25) is 0 Å². The third kappa shape index (κ3) is 2.17. The van der Waals surface area contributed by atoms with Crippen LogP contribution in [0.3, 0.4) is 0 Å². The second-order valence-corrected chi connectivity index (χ2v) is 5.12. The number of nitrogens with zero attached hydrogens (tertiary/aromatic N) is 1. The molecule has 3 nitrogen and oxygen atoms in total. The highest BCUT2D eigenvalue weighted by atomic mass is 15.2. The summed E-state index contributed by atoms with van der Waals surface area (Å²) in [6, 6.07) is 7.12. The van der Waals surface area contributed by atoms with Crippen molar-refractivity contribution >= 4 is 5.69 Å². The molecule has 0 amide bonds. The minimum atomic E-state index is 0.251. The third-order valence-electron chi connectivity index (χ3n) is 3.97. The van der Waals surface area contributed by atoms with Crippen LogP contribution >= 0.6 is 0 Å². The van der Waals surface area contributed by atoms with Gasteiger partial charge in [-0.2, -0.15) is 0 Å². The van der Waals surface area contributed by atoms with Crippen LogP contribution in [0.1, 0.15) is 30.0 Å². The van der Waals surface area contributed by atoms with E-state index < -0.39 is 0 Å². The fraction of sp³-hybridized carbons (Fsp3) is 0.571. The van der Waals surface area contributed by atoms with Crippen LogP contribution in [0.4, 0.5) is 5.69 Å². The van der Waals surface area contributed by atoms with Crippen molar-refractivity contribution in [2.24, 2.45) is 5.73 Å². The lowest BCUT2D eigenvalue weighted by Gasteiger charge is -2.31. The minimum absolute atomic E-state index is 0.251. The van der Waals surface area contributed by atoms with Gasteiger partial charge in [0.25, 0.3) is 0 Å². The van der Waals surface area contributed by atoms with Gasteiger partial charge in [-0.25, -0.2) is 0 Å². The van der Waals surface area contributed by atoms with Crippen LogP contribution in [-0.4, -0.2) is 26.2 Å². The fourth-order valence-electron chi connectivity index (χ4n) is 2.94. The number of aryl methyl sites for hydroxylation is 1. The molecule has 1 saturated heterocycles. The van der Waals surface area contributed by atoms with Crippen LogP contribution in [0, 0.1) is 0 Å². The molecule has 1 aromatic rings. The van der Waals surface area contributed by atoms with Gasteiger partial charge in [-0.05, 0) is 42.5 Å². The summed E-state index contributed by atoms with van der Waals surface area (Å²) in [7, 11) is 0. The van der Waals surface area contributed by atoms with Crippen molar-refractivity contribution in [1.29, 1.82) is 0 Å². The lowest BCUT2D eigenvalue weighted by Crippen LogP contribution is -2.43. The first-order valence-corrected chi connectivity index (χ1v) is 6.69. The molecule has 0 spiro atoms. The molecule has 1 atom stereocenters. The van der Waals surface area contributed by atoms with Crippen LogP contribution in [0.25, 0.3) is 0 Å². The van der Waals surface area contributed by atoms with E-state index in [0.29, 0.717) is 0 Å². The molecular formula is C14H21N3. The summed E-state index contributed by atoms with van der Waals surface area (Å²) in [4.78, 5) is 2.46. The predicted octanol–water partition coefficient (Wildman–Crippen LogP) is 1.43. The van der Waals surface area contributed by atoms with E-state index in [9.17, 15) is 0 Å². The van der Waals surface area contributed by atoms with E-state index in [2.05, 4.69) is 28.4 Å². The van der Waals surface area contributed by atoms with Gasteiger partial charge in [-0.1, -0.05) is 6.07 Å². The second-order valence-electron chi connectivity index (χ2n) is 5.12. The first-order valence-electron chi connectivity index (χ1n) is 6.69. The number of anilines is 1. The van der Waals surface area contributed by atoms with E-state index in [1.807, 2.05) is 0 Å². The van der Waals surface area contributed by atoms with Gasteiger partial charge in [-0.15, -0.1) is 0 Å². The second kappa shape index (κ2) is 4.67. The Kier molecular flexibility index (Phi) is 3.04. The van der Waals surface area contributed by atoms with Crippen LogP contribution in [-0.2, 0) is 6.42 Å².